The molecule has 0 aromatic heterocycles. The quantitative estimate of drug-likeness (QED) is 0.774. The smallest absolute Gasteiger partial charge is 0.0240 e. The zero-order valence-electron chi connectivity index (χ0n) is 14.5. The average Bonchev–Trinajstić information content (AvgIpc) is 2.65. The highest BCUT2D eigenvalue weighted by atomic mass is 15.3. The Morgan fingerprint density at radius 2 is 1.62 bits per heavy atom. The highest BCUT2D eigenvalue weighted by molar-refractivity contribution is 5.85. The third kappa shape index (κ3) is 3.71. The van der Waals surface area contributed by atoms with Crippen molar-refractivity contribution in [2.24, 2.45) is 5.92 Å². The number of fused-ring (bicyclic) bond motifs is 1. The van der Waals surface area contributed by atoms with Crippen molar-refractivity contribution in [2.45, 2.75) is 25.8 Å². The van der Waals surface area contributed by atoms with Gasteiger partial charge < -0.3 is 4.90 Å². The summed E-state index contributed by atoms with van der Waals surface area (Å²) in [4.78, 5) is 5.31. The van der Waals surface area contributed by atoms with Crippen LogP contribution in [-0.2, 0) is 6.54 Å². The summed E-state index contributed by atoms with van der Waals surface area (Å²) in [6.07, 6.45) is 8.68. The number of rotatable bonds is 4. The van der Waals surface area contributed by atoms with E-state index in [1.165, 1.54) is 68.3 Å². The van der Waals surface area contributed by atoms with E-state index in [0.717, 1.165) is 12.5 Å². The molecule has 2 nitrogen and oxygen atoms in total. The minimum atomic E-state index is 0.889. The van der Waals surface area contributed by atoms with E-state index in [1.54, 1.807) is 0 Å². The van der Waals surface area contributed by atoms with Crippen molar-refractivity contribution in [3.63, 3.8) is 0 Å². The summed E-state index contributed by atoms with van der Waals surface area (Å²) in [5.74, 6) is 0.889. The van der Waals surface area contributed by atoms with Gasteiger partial charge in [-0.2, -0.15) is 0 Å². The van der Waals surface area contributed by atoms with Crippen LogP contribution in [0.5, 0.6) is 0 Å². The molecule has 1 fully saturated rings. The van der Waals surface area contributed by atoms with Gasteiger partial charge in [-0.25, -0.2) is 0 Å². The molecule has 24 heavy (non-hydrogen) atoms. The van der Waals surface area contributed by atoms with Gasteiger partial charge in [0.15, 0.2) is 0 Å². The Balaban J connectivity index is 1.33. The van der Waals surface area contributed by atoms with Crippen molar-refractivity contribution in [1.29, 1.82) is 0 Å². The van der Waals surface area contributed by atoms with Crippen LogP contribution in [0.25, 0.3) is 10.8 Å². The Bertz CT molecular complexity index is 693. The third-order valence-electron chi connectivity index (χ3n) is 5.63. The summed E-state index contributed by atoms with van der Waals surface area (Å²) in [6.45, 7) is 7.24. The summed E-state index contributed by atoms with van der Waals surface area (Å²) in [6, 6.07) is 15.5. The van der Waals surface area contributed by atoms with Gasteiger partial charge in [0.1, 0.15) is 0 Å². The zero-order valence-corrected chi connectivity index (χ0v) is 14.5. The Kier molecular flexibility index (Phi) is 4.96. The summed E-state index contributed by atoms with van der Waals surface area (Å²) in [7, 11) is 0. The van der Waals surface area contributed by atoms with Gasteiger partial charge in [0, 0.05) is 39.3 Å². The molecule has 2 aromatic carbocycles. The van der Waals surface area contributed by atoms with Crippen LogP contribution < -0.4 is 0 Å². The van der Waals surface area contributed by atoms with Crippen molar-refractivity contribution in [3.05, 3.63) is 60.2 Å². The molecular formula is C22H28N2. The minimum Gasteiger partial charge on any atom is -0.301 e. The van der Waals surface area contributed by atoms with Crippen LogP contribution in [0.2, 0.25) is 0 Å². The Morgan fingerprint density at radius 3 is 2.46 bits per heavy atom. The number of hydrogen-bond donors (Lipinski definition) is 0. The van der Waals surface area contributed by atoms with E-state index in [4.69, 9.17) is 0 Å². The van der Waals surface area contributed by atoms with Crippen molar-refractivity contribution in [2.75, 3.05) is 32.7 Å². The van der Waals surface area contributed by atoms with Crippen molar-refractivity contribution in [1.82, 2.24) is 9.80 Å². The van der Waals surface area contributed by atoms with Gasteiger partial charge in [0.25, 0.3) is 0 Å². The molecule has 0 unspecified atom stereocenters. The van der Waals surface area contributed by atoms with Crippen LogP contribution in [-0.4, -0.2) is 42.5 Å². The molecule has 1 aliphatic carbocycles. The molecule has 126 valence electrons. The molecule has 1 aliphatic heterocycles. The first-order chi connectivity index (χ1) is 11.9. The predicted molar refractivity (Wildman–Crippen MR) is 102 cm³/mol. The van der Waals surface area contributed by atoms with Crippen LogP contribution in [0.4, 0.5) is 0 Å². The summed E-state index contributed by atoms with van der Waals surface area (Å²) < 4.78 is 0. The Hall–Kier alpha value is -1.64. The molecule has 4 rings (SSSR count). The van der Waals surface area contributed by atoms with Crippen LogP contribution in [0.15, 0.2) is 54.6 Å². The van der Waals surface area contributed by atoms with Gasteiger partial charge >= 0.3 is 0 Å². The Labute approximate surface area is 145 Å². The summed E-state index contributed by atoms with van der Waals surface area (Å²) >= 11 is 0. The maximum Gasteiger partial charge on any atom is 0.0240 e. The van der Waals surface area contributed by atoms with Crippen molar-refractivity contribution in [3.8, 4) is 0 Å². The van der Waals surface area contributed by atoms with E-state index in [9.17, 15) is 0 Å². The highest BCUT2D eigenvalue weighted by Gasteiger charge is 2.20. The van der Waals surface area contributed by atoms with Gasteiger partial charge in [-0.15, -0.1) is 0 Å². The predicted octanol–water partition coefficient (Wildman–Crippen LogP) is 4.31. The first-order valence-electron chi connectivity index (χ1n) is 9.45. The maximum absolute atomic E-state index is 2.68. The lowest BCUT2D eigenvalue weighted by Gasteiger charge is -2.37. The van der Waals surface area contributed by atoms with Gasteiger partial charge in [-0.3, -0.25) is 4.90 Å². The summed E-state index contributed by atoms with van der Waals surface area (Å²) in [5.41, 5.74) is 1.47. The van der Waals surface area contributed by atoms with Gasteiger partial charge in [0.05, 0.1) is 0 Å². The maximum atomic E-state index is 2.68. The molecule has 0 N–H and O–H groups in total. The molecule has 0 spiro atoms. The highest BCUT2D eigenvalue weighted by Crippen LogP contribution is 2.22. The second-order valence-electron chi connectivity index (χ2n) is 7.37. The second kappa shape index (κ2) is 7.50. The first kappa shape index (κ1) is 15.9. The van der Waals surface area contributed by atoms with Gasteiger partial charge in [-0.1, -0.05) is 54.6 Å². The van der Waals surface area contributed by atoms with Crippen molar-refractivity contribution >= 4 is 10.8 Å². The lowest BCUT2D eigenvalue weighted by atomic mass is 9.94. The molecule has 0 saturated carbocycles. The standard InChI is InChI=1S/C22H28N2/c1-2-7-19(8-3-1)17-23-13-15-24(16-14-23)18-21-11-6-10-20-9-4-5-12-22(20)21/h1-2,4-6,9-12,19H,3,7-8,13-18H2/t19-/m0/s1. The number of hydrogen-bond acceptors (Lipinski definition) is 2. The minimum absolute atomic E-state index is 0.889. The topological polar surface area (TPSA) is 6.48 Å². The van der Waals surface area contributed by atoms with E-state index in [0.29, 0.717) is 0 Å². The van der Waals surface area contributed by atoms with E-state index in [2.05, 4.69) is 64.4 Å². The van der Waals surface area contributed by atoms with Gasteiger partial charge in [-0.05, 0) is 41.5 Å². The second-order valence-corrected chi connectivity index (χ2v) is 7.37. The molecule has 2 heteroatoms. The number of piperazine rings is 1. The molecule has 0 amide bonds. The van der Waals surface area contributed by atoms with Crippen LogP contribution in [0, 0.1) is 5.92 Å². The Morgan fingerprint density at radius 1 is 0.833 bits per heavy atom. The number of allylic oxidation sites excluding steroid dienone is 2. The van der Waals surface area contributed by atoms with Crippen LogP contribution in [0.1, 0.15) is 24.8 Å². The lowest BCUT2D eigenvalue weighted by Crippen LogP contribution is -2.47. The third-order valence-corrected chi connectivity index (χ3v) is 5.63. The van der Waals surface area contributed by atoms with E-state index in [1.807, 2.05) is 0 Å². The normalized spacial score (nSPS) is 22.9. The number of benzene rings is 2. The van der Waals surface area contributed by atoms with E-state index < -0.39 is 0 Å². The lowest BCUT2D eigenvalue weighted by molar-refractivity contribution is 0.111. The zero-order chi connectivity index (χ0) is 16.2. The van der Waals surface area contributed by atoms with E-state index in [-0.39, 0.29) is 0 Å². The molecule has 0 radical (unpaired) electrons. The molecule has 2 aliphatic rings. The van der Waals surface area contributed by atoms with Crippen molar-refractivity contribution < 1.29 is 0 Å². The summed E-state index contributed by atoms with van der Waals surface area (Å²) in [5, 5.41) is 2.77. The largest absolute Gasteiger partial charge is 0.301 e. The van der Waals surface area contributed by atoms with Gasteiger partial charge in [0.2, 0.25) is 0 Å². The number of nitrogens with zero attached hydrogens (tertiary/aromatic N) is 2. The fraction of sp³-hybridized carbons (Fsp3) is 0.455. The fourth-order valence-corrected chi connectivity index (χ4v) is 4.19. The SMILES string of the molecule is C1=CC[C@H](CN2CCN(Cc3cccc4ccccc34)CC2)CC1. The molecule has 2 aromatic rings. The van der Waals surface area contributed by atoms with Crippen LogP contribution in [0.3, 0.4) is 0 Å². The molecule has 1 atom stereocenters. The molecular weight excluding hydrogens is 292 g/mol. The monoisotopic (exact) mass is 320 g/mol. The fourth-order valence-electron chi connectivity index (χ4n) is 4.19. The average molecular weight is 320 g/mol. The molecule has 1 saturated heterocycles. The first-order valence-corrected chi connectivity index (χ1v) is 9.45. The van der Waals surface area contributed by atoms with E-state index >= 15 is 0 Å². The van der Waals surface area contributed by atoms with Crippen LogP contribution >= 0.6 is 0 Å². The molecule has 0 bridgehead atoms. The molecule has 1 heterocycles.